The third-order valence-corrected chi connectivity index (χ3v) is 5.77. The van der Waals surface area contributed by atoms with Gasteiger partial charge >= 0.3 is 0 Å². The molecule has 6 heteroatoms. The summed E-state index contributed by atoms with van der Waals surface area (Å²) in [7, 11) is 0. The van der Waals surface area contributed by atoms with Gasteiger partial charge in [0.2, 0.25) is 5.91 Å². The number of fused-ring (bicyclic) bond motifs is 1. The van der Waals surface area contributed by atoms with Crippen molar-refractivity contribution in [3.05, 3.63) is 53.3 Å². The third-order valence-electron chi connectivity index (χ3n) is 4.89. The molecule has 0 bridgehead atoms. The van der Waals surface area contributed by atoms with Gasteiger partial charge in [-0.05, 0) is 55.0 Å². The fourth-order valence-electron chi connectivity index (χ4n) is 3.43. The number of halogens is 1. The van der Waals surface area contributed by atoms with Crippen LogP contribution in [0.2, 0.25) is 0 Å². The molecule has 0 unspecified atom stereocenters. The first kappa shape index (κ1) is 17.0. The molecule has 0 radical (unpaired) electrons. The molecule has 0 saturated carbocycles. The summed E-state index contributed by atoms with van der Waals surface area (Å²) in [5, 5.41) is 6.06. The van der Waals surface area contributed by atoms with Gasteiger partial charge in [0.1, 0.15) is 11.6 Å². The van der Waals surface area contributed by atoms with Crippen molar-refractivity contribution in [3.63, 3.8) is 0 Å². The minimum Gasteiger partial charge on any atom is -0.355 e. The molecule has 3 heterocycles. The summed E-state index contributed by atoms with van der Waals surface area (Å²) in [5.74, 6) is 0.447. The van der Waals surface area contributed by atoms with Crippen LogP contribution in [0.4, 0.5) is 15.9 Å². The van der Waals surface area contributed by atoms with Gasteiger partial charge in [0.15, 0.2) is 0 Å². The molecule has 0 spiro atoms. The Morgan fingerprint density at radius 3 is 3.08 bits per heavy atom. The van der Waals surface area contributed by atoms with Gasteiger partial charge in [-0.15, -0.1) is 11.3 Å². The highest BCUT2D eigenvalue weighted by Gasteiger charge is 2.27. The fraction of sp³-hybridized carbons (Fsp3) is 0.300. The van der Waals surface area contributed by atoms with Crippen molar-refractivity contribution >= 4 is 38.8 Å². The van der Waals surface area contributed by atoms with E-state index in [0.717, 1.165) is 30.6 Å². The van der Waals surface area contributed by atoms with E-state index in [1.54, 1.807) is 30.4 Å². The van der Waals surface area contributed by atoms with Crippen molar-refractivity contribution in [1.29, 1.82) is 0 Å². The van der Waals surface area contributed by atoms with Crippen molar-refractivity contribution in [3.8, 4) is 0 Å². The molecule has 1 atom stereocenters. The maximum Gasteiger partial charge on any atom is 0.229 e. The summed E-state index contributed by atoms with van der Waals surface area (Å²) in [4.78, 5) is 19.4. The Labute approximate surface area is 155 Å². The number of benzene rings is 1. The number of carbonyl (C=O) groups excluding carboxylic acids is 1. The number of aromatic nitrogens is 1. The van der Waals surface area contributed by atoms with E-state index in [1.165, 1.54) is 10.8 Å². The lowest BCUT2D eigenvalue weighted by molar-refractivity contribution is -0.120. The summed E-state index contributed by atoms with van der Waals surface area (Å²) >= 11 is 1.70. The number of amides is 1. The molecule has 134 valence electrons. The SMILES string of the molecule is Cc1ccc(NC(=O)[C@H]2CCCN(c3nccc4sccc34)C2)cc1F. The van der Waals surface area contributed by atoms with Crippen molar-refractivity contribution in [2.75, 3.05) is 23.3 Å². The highest BCUT2D eigenvalue weighted by molar-refractivity contribution is 7.17. The average molecular weight is 369 g/mol. The molecule has 1 fully saturated rings. The number of hydrogen-bond donors (Lipinski definition) is 1. The highest BCUT2D eigenvalue weighted by atomic mass is 32.1. The van der Waals surface area contributed by atoms with Crippen LogP contribution in [0.15, 0.2) is 41.9 Å². The summed E-state index contributed by atoms with van der Waals surface area (Å²) in [6.07, 6.45) is 3.59. The lowest BCUT2D eigenvalue weighted by Crippen LogP contribution is -2.41. The van der Waals surface area contributed by atoms with Crippen LogP contribution in [-0.2, 0) is 4.79 Å². The molecule has 1 amide bonds. The van der Waals surface area contributed by atoms with Crippen LogP contribution in [0.25, 0.3) is 10.1 Å². The van der Waals surface area contributed by atoms with E-state index in [0.29, 0.717) is 17.8 Å². The topological polar surface area (TPSA) is 45.2 Å². The minimum absolute atomic E-state index is 0.0598. The number of piperidine rings is 1. The number of rotatable bonds is 3. The molecule has 1 N–H and O–H groups in total. The van der Waals surface area contributed by atoms with Crippen LogP contribution in [0.5, 0.6) is 0 Å². The van der Waals surface area contributed by atoms with E-state index < -0.39 is 0 Å². The summed E-state index contributed by atoms with van der Waals surface area (Å²) < 4.78 is 14.9. The van der Waals surface area contributed by atoms with Crippen LogP contribution >= 0.6 is 11.3 Å². The Morgan fingerprint density at radius 2 is 2.23 bits per heavy atom. The Balaban J connectivity index is 1.50. The van der Waals surface area contributed by atoms with Gasteiger partial charge in [-0.25, -0.2) is 9.37 Å². The average Bonchev–Trinajstić information content (AvgIpc) is 3.13. The first-order valence-corrected chi connectivity index (χ1v) is 9.64. The Hall–Kier alpha value is -2.47. The molecule has 3 aromatic rings. The van der Waals surface area contributed by atoms with Crippen molar-refractivity contribution < 1.29 is 9.18 Å². The van der Waals surface area contributed by atoms with Gasteiger partial charge in [0.25, 0.3) is 0 Å². The molecule has 1 saturated heterocycles. The lowest BCUT2D eigenvalue weighted by Gasteiger charge is -2.33. The first-order chi connectivity index (χ1) is 12.6. The maximum absolute atomic E-state index is 13.7. The number of thiophene rings is 1. The Bertz CT molecular complexity index is 955. The summed E-state index contributed by atoms with van der Waals surface area (Å²) in [6, 6.07) is 8.90. The molecule has 26 heavy (non-hydrogen) atoms. The molecular weight excluding hydrogens is 349 g/mol. The van der Waals surface area contributed by atoms with Crippen LogP contribution in [0.3, 0.4) is 0 Å². The zero-order chi connectivity index (χ0) is 18.1. The number of hydrogen-bond acceptors (Lipinski definition) is 4. The number of aryl methyl sites for hydroxylation is 1. The predicted molar refractivity (Wildman–Crippen MR) is 104 cm³/mol. The summed E-state index contributed by atoms with van der Waals surface area (Å²) in [5.41, 5.74) is 1.08. The minimum atomic E-state index is -0.304. The normalized spacial score (nSPS) is 17.5. The summed E-state index contributed by atoms with van der Waals surface area (Å²) in [6.45, 7) is 3.23. The first-order valence-electron chi connectivity index (χ1n) is 8.76. The second-order valence-corrected chi connectivity index (χ2v) is 7.65. The van der Waals surface area contributed by atoms with Gasteiger partial charge in [-0.2, -0.15) is 0 Å². The highest BCUT2D eigenvalue weighted by Crippen LogP contribution is 2.31. The van der Waals surface area contributed by atoms with E-state index in [2.05, 4.69) is 26.6 Å². The smallest absolute Gasteiger partial charge is 0.229 e. The zero-order valence-corrected chi connectivity index (χ0v) is 15.4. The largest absolute Gasteiger partial charge is 0.355 e. The van der Waals surface area contributed by atoms with Gasteiger partial charge < -0.3 is 10.2 Å². The van der Waals surface area contributed by atoms with Crippen molar-refractivity contribution in [2.24, 2.45) is 5.92 Å². The predicted octanol–water partition coefficient (Wildman–Crippen LogP) is 4.60. The number of carbonyl (C=O) groups is 1. The van der Waals surface area contributed by atoms with E-state index in [4.69, 9.17) is 0 Å². The maximum atomic E-state index is 13.7. The van der Waals surface area contributed by atoms with E-state index in [-0.39, 0.29) is 17.6 Å². The monoisotopic (exact) mass is 369 g/mol. The van der Waals surface area contributed by atoms with Crippen molar-refractivity contribution in [2.45, 2.75) is 19.8 Å². The number of nitrogens with zero attached hydrogens (tertiary/aromatic N) is 2. The molecule has 0 aliphatic carbocycles. The van der Waals surface area contributed by atoms with Gasteiger partial charge in [0, 0.05) is 35.1 Å². The quantitative estimate of drug-likeness (QED) is 0.734. The second-order valence-electron chi connectivity index (χ2n) is 6.71. The molecule has 1 aromatic carbocycles. The molecule has 1 aliphatic rings. The van der Waals surface area contributed by atoms with Gasteiger partial charge in [-0.1, -0.05) is 6.07 Å². The standard InChI is InChI=1S/C20H20FN3OS/c1-13-4-5-15(11-17(13)21)23-20(25)14-3-2-9-24(12-14)19-16-7-10-26-18(16)6-8-22-19/h4-8,10-11,14H,2-3,9,12H2,1H3,(H,23,25)/t14-/m0/s1. The molecule has 4 rings (SSSR count). The van der Waals surface area contributed by atoms with Crippen LogP contribution in [0, 0.1) is 18.7 Å². The lowest BCUT2D eigenvalue weighted by atomic mass is 9.96. The molecule has 2 aromatic heterocycles. The molecule has 1 aliphatic heterocycles. The molecule has 4 nitrogen and oxygen atoms in total. The van der Waals surface area contributed by atoms with Crippen molar-refractivity contribution in [1.82, 2.24) is 4.98 Å². The number of anilines is 2. The van der Waals surface area contributed by atoms with E-state index in [9.17, 15) is 9.18 Å². The number of nitrogens with one attached hydrogen (secondary N) is 1. The van der Waals surface area contributed by atoms with Crippen LogP contribution in [-0.4, -0.2) is 24.0 Å². The number of pyridine rings is 1. The zero-order valence-electron chi connectivity index (χ0n) is 14.5. The van der Waals surface area contributed by atoms with Gasteiger partial charge in [0.05, 0.1) is 5.92 Å². The van der Waals surface area contributed by atoms with Crippen LogP contribution in [0.1, 0.15) is 18.4 Å². The third kappa shape index (κ3) is 3.29. The molecular formula is C20H20FN3OS. The van der Waals surface area contributed by atoms with Crippen LogP contribution < -0.4 is 10.2 Å². The van der Waals surface area contributed by atoms with Gasteiger partial charge in [-0.3, -0.25) is 4.79 Å². The van der Waals surface area contributed by atoms with E-state index >= 15 is 0 Å². The second kappa shape index (κ2) is 7.03. The Kier molecular flexibility index (Phi) is 4.59. The fourth-order valence-corrected chi connectivity index (χ4v) is 4.21. The Morgan fingerprint density at radius 1 is 1.35 bits per heavy atom. The van der Waals surface area contributed by atoms with E-state index in [1.807, 2.05) is 12.3 Å².